The molecule has 1 saturated heterocycles. The minimum absolute atomic E-state index is 0.224. The maximum atomic E-state index is 6.00. The molecule has 3 nitrogen and oxygen atoms in total. The Bertz CT molecular complexity index is 314. The summed E-state index contributed by atoms with van der Waals surface area (Å²) in [4.78, 5) is 0. The molecule has 0 radical (unpaired) electrons. The first kappa shape index (κ1) is 9.49. The molecule has 0 amide bonds. The van der Waals surface area contributed by atoms with Gasteiger partial charge in [0.1, 0.15) is 5.75 Å². The van der Waals surface area contributed by atoms with Crippen molar-refractivity contribution < 1.29 is 4.74 Å². The average Bonchev–Trinajstić information content (AvgIpc) is 2.65. The minimum atomic E-state index is 0.224. The third-order valence-electron chi connectivity index (χ3n) is 2.78. The normalized spacial score (nSPS) is 26.4. The molecule has 0 aromatic heterocycles. The summed E-state index contributed by atoms with van der Waals surface area (Å²) in [5.74, 6) is 1.33. The molecule has 14 heavy (non-hydrogen) atoms. The molecule has 2 rings (SSSR count). The minimum Gasteiger partial charge on any atom is -0.497 e. The molecule has 0 bridgehead atoms. The molecule has 1 aromatic rings. The van der Waals surface area contributed by atoms with Gasteiger partial charge in [-0.3, -0.25) is 0 Å². The molecule has 2 atom stereocenters. The molecule has 1 aliphatic rings. The van der Waals surface area contributed by atoms with E-state index in [9.17, 15) is 0 Å². The highest BCUT2D eigenvalue weighted by Gasteiger charge is 2.24. The lowest BCUT2D eigenvalue weighted by atomic mass is 9.95. The van der Waals surface area contributed by atoms with E-state index >= 15 is 0 Å². The van der Waals surface area contributed by atoms with Crippen LogP contribution in [0.1, 0.15) is 11.5 Å². The van der Waals surface area contributed by atoms with Crippen molar-refractivity contribution in [2.45, 2.75) is 12.0 Å². The SMILES string of the molecule is COc1cccc([C@@H]2CNC[C@@H]2N)c1. The number of methoxy groups -OCH3 is 1. The van der Waals surface area contributed by atoms with Crippen LogP contribution in [0.3, 0.4) is 0 Å². The van der Waals surface area contributed by atoms with E-state index in [0.29, 0.717) is 5.92 Å². The number of hydrogen-bond donors (Lipinski definition) is 2. The number of rotatable bonds is 2. The fraction of sp³-hybridized carbons (Fsp3) is 0.455. The van der Waals surface area contributed by atoms with Crippen LogP contribution in [0.4, 0.5) is 0 Å². The highest BCUT2D eigenvalue weighted by atomic mass is 16.5. The Kier molecular flexibility index (Phi) is 2.70. The molecule has 0 unspecified atom stereocenters. The fourth-order valence-electron chi connectivity index (χ4n) is 1.94. The number of ether oxygens (including phenoxy) is 1. The second-order valence-corrected chi connectivity index (χ2v) is 3.71. The summed E-state index contributed by atoms with van der Waals surface area (Å²) in [5.41, 5.74) is 7.26. The second-order valence-electron chi connectivity index (χ2n) is 3.71. The molecule has 76 valence electrons. The predicted molar refractivity (Wildman–Crippen MR) is 56.6 cm³/mol. The molecule has 0 saturated carbocycles. The lowest BCUT2D eigenvalue weighted by Crippen LogP contribution is -2.27. The van der Waals surface area contributed by atoms with Crippen molar-refractivity contribution in [3.8, 4) is 5.75 Å². The van der Waals surface area contributed by atoms with E-state index in [4.69, 9.17) is 10.5 Å². The van der Waals surface area contributed by atoms with Gasteiger partial charge in [-0.05, 0) is 17.7 Å². The van der Waals surface area contributed by atoms with Gasteiger partial charge in [-0.15, -0.1) is 0 Å². The first-order valence-electron chi connectivity index (χ1n) is 4.91. The van der Waals surface area contributed by atoms with Crippen molar-refractivity contribution in [1.82, 2.24) is 5.32 Å². The van der Waals surface area contributed by atoms with E-state index in [1.165, 1.54) is 5.56 Å². The van der Waals surface area contributed by atoms with Crippen molar-refractivity contribution in [2.24, 2.45) is 5.73 Å². The van der Waals surface area contributed by atoms with Crippen LogP contribution in [0, 0.1) is 0 Å². The van der Waals surface area contributed by atoms with E-state index in [0.717, 1.165) is 18.8 Å². The predicted octanol–water partition coefficient (Wildman–Crippen LogP) is 0.709. The first-order valence-corrected chi connectivity index (χ1v) is 4.91. The zero-order chi connectivity index (χ0) is 9.97. The molecule has 1 fully saturated rings. The zero-order valence-corrected chi connectivity index (χ0v) is 8.36. The van der Waals surface area contributed by atoms with Gasteiger partial charge in [0.25, 0.3) is 0 Å². The molecular weight excluding hydrogens is 176 g/mol. The summed E-state index contributed by atoms with van der Waals surface area (Å²) < 4.78 is 5.19. The summed E-state index contributed by atoms with van der Waals surface area (Å²) in [5, 5.41) is 3.29. The van der Waals surface area contributed by atoms with Crippen LogP contribution in [0.25, 0.3) is 0 Å². The van der Waals surface area contributed by atoms with Gasteiger partial charge >= 0.3 is 0 Å². The standard InChI is InChI=1S/C11H16N2O/c1-14-9-4-2-3-8(5-9)10-6-13-7-11(10)12/h2-5,10-11,13H,6-7,12H2,1H3/t10-,11-/m0/s1. The number of nitrogens with one attached hydrogen (secondary N) is 1. The maximum absolute atomic E-state index is 6.00. The van der Waals surface area contributed by atoms with Crippen LogP contribution in [0.15, 0.2) is 24.3 Å². The van der Waals surface area contributed by atoms with Crippen LogP contribution in [-0.2, 0) is 0 Å². The first-order chi connectivity index (χ1) is 6.81. The highest BCUT2D eigenvalue weighted by molar-refractivity contribution is 5.32. The van der Waals surface area contributed by atoms with Gasteiger partial charge in [0.15, 0.2) is 0 Å². The Morgan fingerprint density at radius 3 is 2.93 bits per heavy atom. The van der Waals surface area contributed by atoms with Gasteiger partial charge in [-0.2, -0.15) is 0 Å². The Morgan fingerprint density at radius 2 is 2.29 bits per heavy atom. The van der Waals surface area contributed by atoms with E-state index in [-0.39, 0.29) is 6.04 Å². The highest BCUT2D eigenvalue weighted by Crippen LogP contribution is 2.24. The molecule has 1 aromatic carbocycles. The van der Waals surface area contributed by atoms with Crippen molar-refractivity contribution in [3.63, 3.8) is 0 Å². The van der Waals surface area contributed by atoms with Crippen molar-refractivity contribution in [3.05, 3.63) is 29.8 Å². The molecule has 0 aliphatic carbocycles. The van der Waals surface area contributed by atoms with Gasteiger partial charge in [-0.25, -0.2) is 0 Å². The smallest absolute Gasteiger partial charge is 0.119 e. The summed E-state index contributed by atoms with van der Waals surface area (Å²) in [7, 11) is 1.69. The van der Waals surface area contributed by atoms with Gasteiger partial charge < -0.3 is 15.8 Å². The average molecular weight is 192 g/mol. The van der Waals surface area contributed by atoms with E-state index in [2.05, 4.69) is 17.4 Å². The van der Waals surface area contributed by atoms with Gasteiger partial charge in [0.2, 0.25) is 0 Å². The molecule has 1 aliphatic heterocycles. The molecule has 0 spiro atoms. The van der Waals surface area contributed by atoms with Crippen LogP contribution >= 0.6 is 0 Å². The summed E-state index contributed by atoms with van der Waals surface area (Å²) in [6.07, 6.45) is 0. The number of hydrogen-bond acceptors (Lipinski definition) is 3. The van der Waals surface area contributed by atoms with E-state index in [1.807, 2.05) is 12.1 Å². The number of benzene rings is 1. The quantitative estimate of drug-likeness (QED) is 0.725. The van der Waals surface area contributed by atoms with Crippen molar-refractivity contribution in [2.75, 3.05) is 20.2 Å². The third kappa shape index (κ3) is 1.74. The van der Waals surface area contributed by atoms with Crippen LogP contribution in [0.2, 0.25) is 0 Å². The third-order valence-corrected chi connectivity index (χ3v) is 2.78. The summed E-state index contributed by atoms with van der Waals surface area (Å²) in [6.45, 7) is 1.87. The van der Waals surface area contributed by atoms with Crippen LogP contribution in [-0.4, -0.2) is 26.2 Å². The van der Waals surface area contributed by atoms with Gasteiger partial charge in [0, 0.05) is 25.0 Å². The van der Waals surface area contributed by atoms with E-state index in [1.54, 1.807) is 7.11 Å². The lowest BCUT2D eigenvalue weighted by molar-refractivity contribution is 0.413. The maximum Gasteiger partial charge on any atom is 0.119 e. The largest absolute Gasteiger partial charge is 0.497 e. The Labute approximate surface area is 84.3 Å². The van der Waals surface area contributed by atoms with Crippen molar-refractivity contribution >= 4 is 0 Å². The monoisotopic (exact) mass is 192 g/mol. The topological polar surface area (TPSA) is 47.3 Å². The van der Waals surface area contributed by atoms with Crippen LogP contribution < -0.4 is 15.8 Å². The fourth-order valence-corrected chi connectivity index (χ4v) is 1.94. The second kappa shape index (κ2) is 3.98. The Hall–Kier alpha value is -1.06. The Balaban J connectivity index is 2.22. The Morgan fingerprint density at radius 1 is 1.43 bits per heavy atom. The van der Waals surface area contributed by atoms with Gasteiger partial charge in [-0.1, -0.05) is 12.1 Å². The van der Waals surface area contributed by atoms with Crippen LogP contribution in [0.5, 0.6) is 5.75 Å². The molecule has 1 heterocycles. The summed E-state index contributed by atoms with van der Waals surface area (Å²) >= 11 is 0. The van der Waals surface area contributed by atoms with Gasteiger partial charge in [0.05, 0.1) is 7.11 Å². The van der Waals surface area contributed by atoms with E-state index < -0.39 is 0 Å². The number of nitrogens with two attached hydrogens (primary N) is 1. The van der Waals surface area contributed by atoms with Crippen molar-refractivity contribution in [1.29, 1.82) is 0 Å². The molecule has 3 N–H and O–H groups in total. The molecular formula is C11H16N2O. The lowest BCUT2D eigenvalue weighted by Gasteiger charge is -2.15. The summed E-state index contributed by atoms with van der Waals surface area (Å²) in [6, 6.07) is 8.37. The molecule has 3 heteroatoms. The zero-order valence-electron chi connectivity index (χ0n) is 8.36.